The molecule has 0 N–H and O–H groups in total. The van der Waals surface area contributed by atoms with Crippen LogP contribution in [0.5, 0.6) is 11.5 Å². The number of aryl methyl sites for hydroxylation is 1. The summed E-state index contributed by atoms with van der Waals surface area (Å²) in [6.45, 7) is 15.2. The normalized spacial score (nSPS) is 12.4. The number of hydrogen-bond acceptors (Lipinski definition) is 2. The molecule has 4 heteroatoms. The van der Waals surface area contributed by atoms with Crippen LogP contribution in [0.15, 0.2) is 18.2 Å². The summed E-state index contributed by atoms with van der Waals surface area (Å²) in [5.41, 5.74) is 1.16. The summed E-state index contributed by atoms with van der Waals surface area (Å²) < 4.78 is 12.0. The van der Waals surface area contributed by atoms with Crippen LogP contribution in [0.1, 0.15) is 5.56 Å². The zero-order valence-electron chi connectivity index (χ0n) is 12.0. The van der Waals surface area contributed by atoms with Crippen molar-refractivity contribution in [3.63, 3.8) is 0 Å². The summed E-state index contributed by atoms with van der Waals surface area (Å²) in [4.78, 5) is 0. The van der Waals surface area contributed by atoms with E-state index >= 15 is 0 Å². The standard InChI is InChI=1S/C13H24O2Si2/c1-11-10-12(14-16(2,3)4)8-9-13(11)15-17(5,6)7/h8-10H,1-7H3. The Hall–Kier alpha value is -0.746. The molecule has 0 spiro atoms. The Labute approximate surface area is 107 Å². The molecule has 0 atom stereocenters. The van der Waals surface area contributed by atoms with Crippen molar-refractivity contribution in [1.29, 1.82) is 0 Å². The van der Waals surface area contributed by atoms with Gasteiger partial charge in [-0.1, -0.05) is 0 Å². The Morgan fingerprint density at radius 2 is 1.35 bits per heavy atom. The minimum Gasteiger partial charge on any atom is -0.544 e. The first kappa shape index (κ1) is 14.3. The molecule has 0 aliphatic rings. The molecule has 0 saturated carbocycles. The molecule has 17 heavy (non-hydrogen) atoms. The van der Waals surface area contributed by atoms with Crippen LogP contribution in [0.3, 0.4) is 0 Å². The van der Waals surface area contributed by atoms with Gasteiger partial charge in [-0.3, -0.25) is 0 Å². The van der Waals surface area contributed by atoms with E-state index in [1.807, 2.05) is 12.1 Å². The van der Waals surface area contributed by atoms with Crippen molar-refractivity contribution < 1.29 is 8.85 Å². The van der Waals surface area contributed by atoms with Crippen LogP contribution >= 0.6 is 0 Å². The average Bonchev–Trinajstić information content (AvgIpc) is 2.05. The molecule has 1 rings (SSSR count). The van der Waals surface area contributed by atoms with Crippen molar-refractivity contribution in [3.8, 4) is 11.5 Å². The lowest BCUT2D eigenvalue weighted by Gasteiger charge is -2.23. The van der Waals surface area contributed by atoms with Crippen LogP contribution in [0.4, 0.5) is 0 Å². The monoisotopic (exact) mass is 268 g/mol. The molecule has 1 aromatic rings. The summed E-state index contributed by atoms with van der Waals surface area (Å²) in [7, 11) is -3.04. The van der Waals surface area contributed by atoms with Gasteiger partial charge in [0.05, 0.1) is 0 Å². The molecule has 0 aromatic heterocycles. The predicted molar refractivity (Wildman–Crippen MR) is 79.1 cm³/mol. The molecule has 0 bridgehead atoms. The third-order valence-electron chi connectivity index (χ3n) is 1.99. The van der Waals surface area contributed by atoms with E-state index in [4.69, 9.17) is 8.85 Å². The van der Waals surface area contributed by atoms with Gasteiger partial charge >= 0.3 is 0 Å². The molecular weight excluding hydrogens is 244 g/mol. The first-order chi connectivity index (χ1) is 7.57. The minimum absolute atomic E-state index is 0.963. The highest BCUT2D eigenvalue weighted by atomic mass is 28.4. The Morgan fingerprint density at radius 3 is 1.76 bits per heavy atom. The van der Waals surface area contributed by atoms with E-state index < -0.39 is 16.6 Å². The van der Waals surface area contributed by atoms with E-state index in [-0.39, 0.29) is 0 Å². The van der Waals surface area contributed by atoms with E-state index in [1.54, 1.807) is 0 Å². The van der Waals surface area contributed by atoms with E-state index in [9.17, 15) is 0 Å². The third kappa shape index (κ3) is 5.41. The van der Waals surface area contributed by atoms with Gasteiger partial charge in [0.1, 0.15) is 11.5 Å². The van der Waals surface area contributed by atoms with Gasteiger partial charge in [0.25, 0.3) is 0 Å². The van der Waals surface area contributed by atoms with Crippen LogP contribution in [0.25, 0.3) is 0 Å². The second-order valence-corrected chi connectivity index (χ2v) is 15.2. The maximum absolute atomic E-state index is 6.01. The maximum Gasteiger partial charge on any atom is 0.242 e. The zero-order chi connectivity index (χ0) is 13.3. The highest BCUT2D eigenvalue weighted by Gasteiger charge is 2.19. The topological polar surface area (TPSA) is 18.5 Å². The Morgan fingerprint density at radius 1 is 0.824 bits per heavy atom. The summed E-state index contributed by atoms with van der Waals surface area (Å²) in [6.07, 6.45) is 0. The van der Waals surface area contributed by atoms with Crippen molar-refractivity contribution in [2.24, 2.45) is 0 Å². The second-order valence-electron chi connectivity index (χ2n) is 6.36. The van der Waals surface area contributed by atoms with Crippen LogP contribution in [-0.4, -0.2) is 16.6 Å². The van der Waals surface area contributed by atoms with Crippen LogP contribution < -0.4 is 8.85 Å². The molecule has 0 amide bonds. The lowest BCUT2D eigenvalue weighted by molar-refractivity contribution is 0.538. The van der Waals surface area contributed by atoms with Crippen LogP contribution in [0, 0.1) is 6.92 Å². The van der Waals surface area contributed by atoms with Gasteiger partial charge in [-0.15, -0.1) is 0 Å². The lowest BCUT2D eigenvalue weighted by atomic mass is 10.2. The first-order valence-electron chi connectivity index (χ1n) is 6.05. The molecule has 0 radical (unpaired) electrons. The summed E-state index contributed by atoms with van der Waals surface area (Å²) in [5, 5.41) is 0. The third-order valence-corrected chi connectivity index (χ3v) is 3.67. The Balaban J connectivity index is 2.87. The summed E-state index contributed by atoms with van der Waals surface area (Å²) >= 11 is 0. The van der Waals surface area contributed by atoms with Gasteiger partial charge in [0.2, 0.25) is 16.6 Å². The highest BCUT2D eigenvalue weighted by molar-refractivity contribution is 6.70. The van der Waals surface area contributed by atoms with E-state index in [2.05, 4.69) is 52.3 Å². The number of hydrogen-bond donors (Lipinski definition) is 0. The quantitative estimate of drug-likeness (QED) is 0.753. The van der Waals surface area contributed by atoms with Crippen LogP contribution in [-0.2, 0) is 0 Å². The van der Waals surface area contributed by atoms with Crippen molar-refractivity contribution in [2.75, 3.05) is 0 Å². The maximum atomic E-state index is 6.01. The van der Waals surface area contributed by atoms with Gasteiger partial charge in [0, 0.05) is 0 Å². The molecule has 0 unspecified atom stereocenters. The summed E-state index contributed by atoms with van der Waals surface area (Å²) in [6, 6.07) is 6.12. The fourth-order valence-electron chi connectivity index (χ4n) is 1.48. The first-order valence-corrected chi connectivity index (χ1v) is 12.9. The highest BCUT2D eigenvalue weighted by Crippen LogP contribution is 2.27. The second kappa shape index (κ2) is 4.86. The molecule has 2 nitrogen and oxygen atoms in total. The fraction of sp³-hybridized carbons (Fsp3) is 0.538. The van der Waals surface area contributed by atoms with Crippen LogP contribution in [0.2, 0.25) is 39.3 Å². The van der Waals surface area contributed by atoms with Gasteiger partial charge in [-0.05, 0) is 70.0 Å². The molecule has 0 aliphatic carbocycles. The Bertz CT molecular complexity index is 389. The number of rotatable bonds is 4. The smallest absolute Gasteiger partial charge is 0.242 e. The molecule has 0 saturated heterocycles. The van der Waals surface area contributed by atoms with Crippen molar-refractivity contribution >= 4 is 16.6 Å². The predicted octanol–water partition coefficient (Wildman–Crippen LogP) is 4.42. The number of benzene rings is 1. The summed E-state index contributed by atoms with van der Waals surface area (Å²) in [5.74, 6) is 1.96. The molecule has 0 fully saturated rings. The molecule has 0 aliphatic heterocycles. The SMILES string of the molecule is Cc1cc(O[Si](C)(C)C)ccc1O[Si](C)(C)C. The van der Waals surface area contributed by atoms with Gasteiger partial charge in [0.15, 0.2) is 0 Å². The van der Waals surface area contributed by atoms with E-state index in [1.165, 1.54) is 0 Å². The van der Waals surface area contributed by atoms with E-state index in [0.717, 1.165) is 17.1 Å². The zero-order valence-corrected chi connectivity index (χ0v) is 14.0. The lowest BCUT2D eigenvalue weighted by Crippen LogP contribution is -2.30. The Kier molecular flexibility index (Phi) is 4.09. The minimum atomic E-state index is -1.53. The van der Waals surface area contributed by atoms with Gasteiger partial charge in [-0.2, -0.15) is 0 Å². The average molecular weight is 269 g/mol. The fourth-order valence-corrected chi connectivity index (χ4v) is 3.21. The van der Waals surface area contributed by atoms with Gasteiger partial charge in [-0.25, -0.2) is 0 Å². The molecular formula is C13H24O2Si2. The van der Waals surface area contributed by atoms with Crippen molar-refractivity contribution in [3.05, 3.63) is 23.8 Å². The van der Waals surface area contributed by atoms with Crippen molar-refractivity contribution in [1.82, 2.24) is 0 Å². The molecule has 1 aromatic carbocycles. The van der Waals surface area contributed by atoms with Gasteiger partial charge < -0.3 is 8.85 Å². The molecule has 0 heterocycles. The van der Waals surface area contributed by atoms with E-state index in [0.29, 0.717) is 0 Å². The molecule has 96 valence electrons. The largest absolute Gasteiger partial charge is 0.544 e. The van der Waals surface area contributed by atoms with Crippen molar-refractivity contribution in [2.45, 2.75) is 46.2 Å².